The monoisotopic (exact) mass is 368 g/mol. The molecule has 0 aliphatic carbocycles. The first-order valence-electron chi connectivity index (χ1n) is 6.69. The van der Waals surface area contributed by atoms with E-state index in [1.54, 1.807) is 0 Å². The molecule has 0 N–H and O–H groups in total. The van der Waals surface area contributed by atoms with Crippen LogP contribution in [0.15, 0.2) is 50.5 Å². The van der Waals surface area contributed by atoms with E-state index in [-0.39, 0.29) is 18.1 Å². The number of alkyl halides is 2. The number of benzene rings is 1. The first-order chi connectivity index (χ1) is 11.6. The van der Waals surface area contributed by atoms with Crippen LogP contribution in [0, 0.1) is 0 Å². The Morgan fingerprint density at radius 2 is 2.08 bits per heavy atom. The van der Waals surface area contributed by atoms with Crippen molar-refractivity contribution in [2.24, 2.45) is 0 Å². The zero-order valence-corrected chi connectivity index (χ0v) is 13.7. The molecular weight excluding hydrogens is 358 g/mol. The zero-order valence-electron chi connectivity index (χ0n) is 12.0. The van der Waals surface area contributed by atoms with E-state index in [4.69, 9.17) is 9.26 Å². The number of halogens is 2. The van der Waals surface area contributed by atoms with Gasteiger partial charge in [-0.15, -0.1) is 0 Å². The van der Waals surface area contributed by atoms with Crippen molar-refractivity contribution in [1.29, 1.82) is 0 Å². The maximum atomic E-state index is 12.2. The Balaban J connectivity index is 1.57. The first-order valence-corrected chi connectivity index (χ1v) is 8.51. The van der Waals surface area contributed by atoms with E-state index in [2.05, 4.69) is 10.1 Å². The summed E-state index contributed by atoms with van der Waals surface area (Å²) in [7, 11) is 0. The molecule has 0 unspecified atom stereocenters. The molecule has 0 fully saturated rings. The summed E-state index contributed by atoms with van der Waals surface area (Å²) in [5.41, 5.74) is 1.08. The van der Waals surface area contributed by atoms with Crippen molar-refractivity contribution >= 4 is 29.1 Å². The molecule has 0 spiro atoms. The molecule has 1 aromatic carbocycles. The van der Waals surface area contributed by atoms with Gasteiger partial charge in [0.15, 0.2) is 6.61 Å². The van der Waals surface area contributed by atoms with Crippen molar-refractivity contribution in [3.8, 4) is 11.4 Å². The van der Waals surface area contributed by atoms with Crippen LogP contribution in [-0.4, -0.2) is 21.9 Å². The Bertz CT molecular complexity index is 805. The van der Waals surface area contributed by atoms with Crippen LogP contribution in [-0.2, 0) is 11.3 Å². The van der Waals surface area contributed by atoms with Gasteiger partial charge in [0.2, 0.25) is 5.82 Å². The average Bonchev–Trinajstić information content (AvgIpc) is 3.24. The summed E-state index contributed by atoms with van der Waals surface area (Å²) in [5, 5.41) is 7.57. The third-order valence-electron chi connectivity index (χ3n) is 2.89. The van der Waals surface area contributed by atoms with Gasteiger partial charge in [-0.2, -0.15) is 25.1 Å². The second kappa shape index (κ2) is 7.54. The summed E-state index contributed by atoms with van der Waals surface area (Å²) in [4.78, 5) is 16.4. The number of carbonyl (C=O) groups is 1. The van der Waals surface area contributed by atoms with Crippen molar-refractivity contribution in [3.05, 3.63) is 52.5 Å². The minimum absolute atomic E-state index is 0.163. The highest BCUT2D eigenvalue weighted by Gasteiger charge is 2.13. The molecule has 9 heteroatoms. The number of esters is 1. The number of nitrogens with zero attached hydrogens (tertiary/aromatic N) is 2. The van der Waals surface area contributed by atoms with E-state index in [0.29, 0.717) is 22.5 Å². The molecule has 0 aliphatic heterocycles. The van der Waals surface area contributed by atoms with Crippen molar-refractivity contribution in [3.63, 3.8) is 0 Å². The van der Waals surface area contributed by atoms with Crippen molar-refractivity contribution < 1.29 is 22.8 Å². The molecule has 2 aromatic heterocycles. The van der Waals surface area contributed by atoms with E-state index >= 15 is 0 Å². The standard InChI is InChI=1S/C15H10F2N2O3S2/c16-15(17)24-11-3-1-9(2-4-11)14(20)21-7-12-18-13(19-22-12)10-5-6-23-8-10/h1-6,8,15H,7H2. The summed E-state index contributed by atoms with van der Waals surface area (Å²) in [6, 6.07) is 7.59. The molecule has 24 heavy (non-hydrogen) atoms. The predicted molar refractivity (Wildman–Crippen MR) is 85.0 cm³/mol. The van der Waals surface area contributed by atoms with Crippen LogP contribution in [0.1, 0.15) is 16.2 Å². The quantitative estimate of drug-likeness (QED) is 0.472. The number of carbonyl (C=O) groups excluding carboxylic acids is 1. The third-order valence-corrected chi connectivity index (χ3v) is 4.30. The second-order valence-electron chi connectivity index (χ2n) is 4.50. The van der Waals surface area contributed by atoms with Crippen LogP contribution >= 0.6 is 23.1 Å². The summed E-state index contributed by atoms with van der Waals surface area (Å²) in [5.74, 6) is -2.50. The number of thiophene rings is 1. The Kier molecular flexibility index (Phi) is 5.21. The Labute approximate surface area is 143 Å². The van der Waals surface area contributed by atoms with Crippen molar-refractivity contribution in [2.45, 2.75) is 17.3 Å². The maximum Gasteiger partial charge on any atom is 0.338 e. The van der Waals surface area contributed by atoms with Gasteiger partial charge in [-0.3, -0.25) is 0 Å². The highest BCUT2D eigenvalue weighted by atomic mass is 32.2. The molecule has 5 nitrogen and oxygen atoms in total. The molecule has 0 radical (unpaired) electrons. The molecule has 3 rings (SSSR count). The van der Waals surface area contributed by atoms with E-state index in [9.17, 15) is 13.6 Å². The highest BCUT2D eigenvalue weighted by Crippen LogP contribution is 2.25. The Morgan fingerprint density at radius 3 is 2.75 bits per heavy atom. The van der Waals surface area contributed by atoms with Gasteiger partial charge < -0.3 is 9.26 Å². The van der Waals surface area contributed by atoms with Crippen LogP contribution in [0.4, 0.5) is 8.78 Å². The van der Waals surface area contributed by atoms with Gasteiger partial charge in [0, 0.05) is 15.8 Å². The second-order valence-corrected chi connectivity index (χ2v) is 6.35. The van der Waals surface area contributed by atoms with Gasteiger partial charge in [0.25, 0.3) is 11.6 Å². The smallest absolute Gasteiger partial charge is 0.338 e. The predicted octanol–water partition coefficient (Wildman–Crippen LogP) is 4.47. The number of aromatic nitrogens is 2. The number of thioether (sulfide) groups is 1. The molecule has 124 valence electrons. The molecule has 0 atom stereocenters. The zero-order chi connectivity index (χ0) is 16.9. The van der Waals surface area contributed by atoms with E-state index in [1.807, 2.05) is 16.8 Å². The van der Waals surface area contributed by atoms with Crippen LogP contribution in [0.25, 0.3) is 11.4 Å². The SMILES string of the molecule is O=C(OCc1nc(-c2ccsc2)no1)c1ccc(SC(F)F)cc1. The van der Waals surface area contributed by atoms with Gasteiger partial charge >= 0.3 is 5.97 Å². The number of hydrogen-bond donors (Lipinski definition) is 0. The summed E-state index contributed by atoms with van der Waals surface area (Å²) >= 11 is 1.92. The largest absolute Gasteiger partial charge is 0.452 e. The van der Waals surface area contributed by atoms with Crippen LogP contribution < -0.4 is 0 Å². The summed E-state index contributed by atoms with van der Waals surface area (Å²) < 4.78 is 34.6. The van der Waals surface area contributed by atoms with Gasteiger partial charge in [-0.1, -0.05) is 16.9 Å². The Morgan fingerprint density at radius 1 is 1.29 bits per heavy atom. The fourth-order valence-corrected chi connectivity index (χ4v) is 2.94. The van der Waals surface area contributed by atoms with E-state index in [0.717, 1.165) is 5.56 Å². The molecule has 2 heterocycles. The summed E-state index contributed by atoms with van der Waals surface area (Å²) in [6.07, 6.45) is 0. The fourth-order valence-electron chi connectivity index (χ4n) is 1.81. The lowest BCUT2D eigenvalue weighted by atomic mass is 10.2. The van der Waals surface area contributed by atoms with E-state index < -0.39 is 11.7 Å². The van der Waals surface area contributed by atoms with Crippen LogP contribution in [0.2, 0.25) is 0 Å². The fraction of sp³-hybridized carbons (Fsp3) is 0.133. The molecule has 0 saturated heterocycles. The average molecular weight is 368 g/mol. The molecule has 3 aromatic rings. The van der Waals surface area contributed by atoms with Gasteiger partial charge in [0.1, 0.15) is 0 Å². The number of rotatable bonds is 6. The molecule has 0 amide bonds. The van der Waals surface area contributed by atoms with Crippen molar-refractivity contribution in [2.75, 3.05) is 0 Å². The van der Waals surface area contributed by atoms with Gasteiger partial charge in [-0.05, 0) is 35.7 Å². The van der Waals surface area contributed by atoms with E-state index in [1.165, 1.54) is 35.6 Å². The Hall–Kier alpha value is -2.26. The van der Waals surface area contributed by atoms with Crippen LogP contribution in [0.5, 0.6) is 0 Å². The normalized spacial score (nSPS) is 11.0. The third kappa shape index (κ3) is 4.18. The molecule has 0 aliphatic rings. The van der Waals surface area contributed by atoms with Gasteiger partial charge in [0.05, 0.1) is 5.56 Å². The van der Waals surface area contributed by atoms with Gasteiger partial charge in [-0.25, -0.2) is 4.79 Å². The van der Waals surface area contributed by atoms with Crippen molar-refractivity contribution in [1.82, 2.24) is 10.1 Å². The maximum absolute atomic E-state index is 12.2. The molecule has 0 bridgehead atoms. The minimum atomic E-state index is -2.50. The molecule has 0 saturated carbocycles. The topological polar surface area (TPSA) is 65.2 Å². The first kappa shape index (κ1) is 16.6. The minimum Gasteiger partial charge on any atom is -0.452 e. The van der Waals surface area contributed by atoms with Crippen LogP contribution in [0.3, 0.4) is 0 Å². The summed E-state index contributed by atoms with van der Waals surface area (Å²) in [6.45, 7) is -0.163. The lowest BCUT2D eigenvalue weighted by Gasteiger charge is -2.03. The number of ether oxygens (including phenoxy) is 1. The lowest BCUT2D eigenvalue weighted by molar-refractivity contribution is 0.0429. The lowest BCUT2D eigenvalue weighted by Crippen LogP contribution is -2.05. The number of hydrogen-bond acceptors (Lipinski definition) is 7. The molecular formula is C15H10F2N2O3S2. The highest BCUT2D eigenvalue weighted by molar-refractivity contribution is 7.99.